The predicted molar refractivity (Wildman–Crippen MR) is 106 cm³/mol. The van der Waals surface area contributed by atoms with Gasteiger partial charge in [0.1, 0.15) is 0 Å². The Labute approximate surface area is 166 Å². The molecular weight excluding hydrogens is 376 g/mol. The van der Waals surface area contributed by atoms with E-state index >= 15 is 0 Å². The number of hydrogen-bond acceptors (Lipinski definition) is 5. The molecule has 6 N–H and O–H groups in total. The summed E-state index contributed by atoms with van der Waals surface area (Å²) < 4.78 is 0. The molecule has 0 atom stereocenters. The van der Waals surface area contributed by atoms with Crippen molar-refractivity contribution >= 4 is 35.1 Å². The maximum Gasteiger partial charge on any atom is 0.319 e. The van der Waals surface area contributed by atoms with Crippen LogP contribution < -0.4 is 27.0 Å². The third-order valence-electron chi connectivity index (χ3n) is 4.24. The van der Waals surface area contributed by atoms with Crippen LogP contribution in [0, 0.1) is 0 Å². The van der Waals surface area contributed by atoms with Crippen molar-refractivity contribution in [2.75, 3.05) is 23.7 Å². The number of hydrogen-bond donors (Lipinski definition) is 5. The van der Waals surface area contributed by atoms with E-state index in [0.29, 0.717) is 41.0 Å². The summed E-state index contributed by atoms with van der Waals surface area (Å²) in [4.78, 5) is 51.1. The van der Waals surface area contributed by atoms with E-state index in [2.05, 4.69) is 26.3 Å². The highest BCUT2D eigenvalue weighted by atomic mass is 16.2. The second-order valence-electron chi connectivity index (χ2n) is 6.35. The van der Waals surface area contributed by atoms with Crippen LogP contribution in [-0.4, -0.2) is 41.8 Å². The van der Waals surface area contributed by atoms with Crippen LogP contribution in [0.5, 0.6) is 0 Å². The quantitative estimate of drug-likeness (QED) is 0.484. The van der Waals surface area contributed by atoms with Crippen LogP contribution in [0.25, 0.3) is 0 Å². The highest BCUT2D eigenvalue weighted by Gasteiger charge is 2.23. The average Bonchev–Trinajstić information content (AvgIpc) is 2.68. The molecule has 0 fully saturated rings. The molecule has 5 amide bonds. The number of carbonyl (C=O) groups is 4. The molecule has 10 nitrogen and oxygen atoms in total. The van der Waals surface area contributed by atoms with Crippen LogP contribution in [-0.2, 0) is 11.2 Å². The van der Waals surface area contributed by atoms with E-state index < -0.39 is 17.8 Å². The number of primary amides is 1. The second kappa shape index (κ2) is 8.83. The Balaban J connectivity index is 1.67. The van der Waals surface area contributed by atoms with Crippen molar-refractivity contribution in [3.05, 3.63) is 53.3 Å². The Morgan fingerprint density at radius 3 is 2.66 bits per heavy atom. The van der Waals surface area contributed by atoms with Gasteiger partial charge >= 0.3 is 6.03 Å². The van der Waals surface area contributed by atoms with Gasteiger partial charge in [0.05, 0.1) is 11.1 Å². The molecule has 0 unspecified atom stereocenters. The van der Waals surface area contributed by atoms with Gasteiger partial charge in [0.15, 0.2) is 0 Å². The summed E-state index contributed by atoms with van der Waals surface area (Å²) >= 11 is 0. The Morgan fingerprint density at radius 2 is 1.90 bits per heavy atom. The first-order chi connectivity index (χ1) is 13.9. The lowest BCUT2D eigenvalue weighted by Crippen LogP contribution is -2.33. The third-order valence-corrected chi connectivity index (χ3v) is 4.24. The lowest BCUT2D eigenvalue weighted by Gasteiger charge is -2.18. The molecule has 10 heteroatoms. The summed E-state index contributed by atoms with van der Waals surface area (Å²) in [7, 11) is 0. The van der Waals surface area contributed by atoms with Crippen molar-refractivity contribution in [2.24, 2.45) is 5.73 Å². The van der Waals surface area contributed by atoms with Gasteiger partial charge in [-0.15, -0.1) is 0 Å². The number of nitrogens with two attached hydrogens (primary N) is 1. The maximum atomic E-state index is 12.7. The summed E-state index contributed by atoms with van der Waals surface area (Å²) in [6.07, 6.45) is 3.46. The fourth-order valence-electron chi connectivity index (χ4n) is 2.89. The number of urea groups is 1. The maximum absolute atomic E-state index is 12.7. The average molecular weight is 396 g/mol. The number of benzene rings is 1. The smallest absolute Gasteiger partial charge is 0.319 e. The molecule has 1 aliphatic rings. The fraction of sp³-hybridized carbons (Fsp3) is 0.211. The van der Waals surface area contributed by atoms with Gasteiger partial charge in [-0.05, 0) is 30.2 Å². The Morgan fingerprint density at radius 1 is 1.14 bits per heavy atom. The summed E-state index contributed by atoms with van der Waals surface area (Å²) in [6, 6.07) is 6.08. The van der Waals surface area contributed by atoms with Crippen molar-refractivity contribution < 1.29 is 19.2 Å². The summed E-state index contributed by atoms with van der Waals surface area (Å²) in [5, 5.41) is 10.6. The number of fused-ring (bicyclic) bond motifs is 1. The number of rotatable bonds is 6. The van der Waals surface area contributed by atoms with Gasteiger partial charge in [-0.1, -0.05) is 6.07 Å². The van der Waals surface area contributed by atoms with Gasteiger partial charge < -0.3 is 27.0 Å². The number of carbonyl (C=O) groups excluding carboxylic acids is 4. The Hall–Kier alpha value is -3.95. The Bertz CT molecular complexity index is 975. The van der Waals surface area contributed by atoms with E-state index in [4.69, 9.17) is 5.73 Å². The molecule has 1 aromatic carbocycles. The first-order valence-corrected chi connectivity index (χ1v) is 8.93. The lowest BCUT2D eigenvalue weighted by molar-refractivity contribution is -0.117. The first kappa shape index (κ1) is 19.8. The van der Waals surface area contributed by atoms with Crippen molar-refractivity contribution in [3.63, 3.8) is 0 Å². The van der Waals surface area contributed by atoms with Gasteiger partial charge in [-0.2, -0.15) is 0 Å². The zero-order chi connectivity index (χ0) is 20.8. The zero-order valence-corrected chi connectivity index (χ0v) is 15.5. The van der Waals surface area contributed by atoms with Crippen LogP contribution in [0.2, 0.25) is 0 Å². The van der Waals surface area contributed by atoms with Crippen LogP contribution in [0.1, 0.15) is 32.7 Å². The highest BCUT2D eigenvalue weighted by molar-refractivity contribution is 6.08. The largest absolute Gasteiger partial charge is 0.370 e. The van der Waals surface area contributed by atoms with Crippen molar-refractivity contribution in [1.82, 2.24) is 15.6 Å². The van der Waals surface area contributed by atoms with E-state index in [-0.39, 0.29) is 18.9 Å². The molecule has 150 valence electrons. The van der Waals surface area contributed by atoms with Gasteiger partial charge in [-0.25, -0.2) is 4.79 Å². The van der Waals surface area contributed by atoms with Crippen LogP contribution >= 0.6 is 0 Å². The molecule has 0 saturated heterocycles. The number of nitrogens with one attached hydrogen (secondary N) is 4. The molecule has 29 heavy (non-hydrogen) atoms. The number of amides is 5. The van der Waals surface area contributed by atoms with Crippen molar-refractivity contribution in [3.8, 4) is 0 Å². The number of nitrogens with zero attached hydrogens (tertiary/aromatic N) is 1. The summed E-state index contributed by atoms with van der Waals surface area (Å²) in [5.74, 6) is -1.15. The normalized spacial score (nSPS) is 12.3. The molecular formula is C19H20N6O4. The van der Waals surface area contributed by atoms with Gasteiger partial charge in [0, 0.05) is 43.3 Å². The van der Waals surface area contributed by atoms with Gasteiger partial charge in [-0.3, -0.25) is 19.4 Å². The predicted octanol–water partition coefficient (Wildman–Crippen LogP) is 0.617. The number of pyridine rings is 1. The monoisotopic (exact) mass is 396 g/mol. The zero-order valence-electron chi connectivity index (χ0n) is 15.5. The molecule has 2 aromatic rings. The highest BCUT2D eigenvalue weighted by Crippen LogP contribution is 2.20. The minimum atomic E-state index is -0.509. The van der Waals surface area contributed by atoms with E-state index in [1.54, 1.807) is 24.3 Å². The molecule has 2 heterocycles. The molecule has 1 aromatic heterocycles. The van der Waals surface area contributed by atoms with Crippen LogP contribution in [0.3, 0.4) is 0 Å². The van der Waals surface area contributed by atoms with Gasteiger partial charge in [0.2, 0.25) is 5.91 Å². The third kappa shape index (κ3) is 5.06. The first-order valence-electron chi connectivity index (χ1n) is 8.93. The number of aromatic nitrogens is 1. The topological polar surface area (TPSA) is 155 Å². The van der Waals surface area contributed by atoms with E-state index in [0.717, 1.165) is 0 Å². The molecule has 0 saturated carbocycles. The molecule has 0 aliphatic carbocycles. The second-order valence-corrected chi connectivity index (χ2v) is 6.35. The molecule has 0 radical (unpaired) electrons. The van der Waals surface area contributed by atoms with Crippen molar-refractivity contribution in [2.45, 2.75) is 12.8 Å². The van der Waals surface area contributed by atoms with E-state index in [9.17, 15) is 19.2 Å². The van der Waals surface area contributed by atoms with E-state index in [1.165, 1.54) is 12.4 Å². The molecule has 0 bridgehead atoms. The van der Waals surface area contributed by atoms with Crippen LogP contribution in [0.15, 0.2) is 36.7 Å². The lowest BCUT2D eigenvalue weighted by atomic mass is 9.97. The molecule has 0 spiro atoms. The standard InChI is InChI=1S/C19H20N6O4/c20-16(26)5-7-23-19(29)25-12-3-1-2-11(8-12)24-18(28)15-10-21-9-14-13(15)4-6-22-17(14)27/h1-3,8-10H,4-7H2,(H2,20,26)(H,22,27)(H,24,28)(H2,23,25,29). The fourth-order valence-corrected chi connectivity index (χ4v) is 2.89. The summed E-state index contributed by atoms with van der Waals surface area (Å²) in [6.45, 7) is 0.581. The minimum Gasteiger partial charge on any atom is -0.370 e. The Kier molecular flexibility index (Phi) is 6.03. The van der Waals surface area contributed by atoms with E-state index in [1.807, 2.05) is 0 Å². The number of anilines is 2. The van der Waals surface area contributed by atoms with Crippen molar-refractivity contribution in [1.29, 1.82) is 0 Å². The van der Waals surface area contributed by atoms with Gasteiger partial charge in [0.25, 0.3) is 11.8 Å². The van der Waals surface area contributed by atoms with Crippen LogP contribution in [0.4, 0.5) is 16.2 Å². The summed E-state index contributed by atoms with van der Waals surface area (Å²) in [5.41, 5.74) is 7.32. The molecule has 3 rings (SSSR count). The molecule has 1 aliphatic heterocycles. The SMILES string of the molecule is NC(=O)CCNC(=O)Nc1cccc(NC(=O)c2cncc3c2CCNC3=O)c1. The minimum absolute atomic E-state index is 0.0387.